The van der Waals surface area contributed by atoms with E-state index in [4.69, 9.17) is 5.26 Å². The van der Waals surface area contributed by atoms with Gasteiger partial charge in [0, 0.05) is 0 Å². The fraction of sp³-hybridized carbons (Fsp3) is 0.875. The van der Waals surface area contributed by atoms with Crippen LogP contribution in [-0.2, 0) is 10.0 Å². The van der Waals surface area contributed by atoms with Crippen LogP contribution in [0.4, 0.5) is 0 Å². The molecule has 1 rings (SSSR count). The van der Waals surface area contributed by atoms with Crippen molar-refractivity contribution >= 4 is 10.0 Å². The van der Waals surface area contributed by atoms with Gasteiger partial charge in [-0.2, -0.15) is 9.98 Å². The summed E-state index contributed by atoms with van der Waals surface area (Å²) in [7, 11) is -3.24. The third kappa shape index (κ3) is 2.68. The van der Waals surface area contributed by atoms with Crippen molar-refractivity contribution in [2.75, 3.05) is 0 Å². The SMILES string of the molecule is C[C@@H](C#N)NS(=O)(=O)C1CCCC1. The van der Waals surface area contributed by atoms with Crippen LogP contribution in [0.15, 0.2) is 0 Å². The standard InChI is InChI=1S/C8H14N2O2S/c1-7(6-9)10-13(11,12)8-4-2-3-5-8/h7-8,10H,2-5H2,1H3/t7-/m0/s1. The molecule has 0 aromatic heterocycles. The summed E-state index contributed by atoms with van der Waals surface area (Å²) in [5, 5.41) is 8.19. The first-order valence-corrected chi connectivity index (χ1v) is 6.01. The van der Waals surface area contributed by atoms with E-state index in [0.717, 1.165) is 25.7 Å². The fourth-order valence-electron chi connectivity index (χ4n) is 1.57. The van der Waals surface area contributed by atoms with Gasteiger partial charge in [-0.15, -0.1) is 0 Å². The van der Waals surface area contributed by atoms with Crippen LogP contribution >= 0.6 is 0 Å². The van der Waals surface area contributed by atoms with Gasteiger partial charge in [-0.05, 0) is 19.8 Å². The number of nitrogens with one attached hydrogen (secondary N) is 1. The van der Waals surface area contributed by atoms with Crippen LogP contribution in [0.5, 0.6) is 0 Å². The number of hydrogen-bond donors (Lipinski definition) is 1. The highest BCUT2D eigenvalue weighted by atomic mass is 32.2. The van der Waals surface area contributed by atoms with Gasteiger partial charge in [0.05, 0.1) is 11.3 Å². The van der Waals surface area contributed by atoms with Gasteiger partial charge >= 0.3 is 0 Å². The number of nitriles is 1. The maximum absolute atomic E-state index is 11.5. The highest BCUT2D eigenvalue weighted by Gasteiger charge is 2.29. The second kappa shape index (κ2) is 4.07. The van der Waals surface area contributed by atoms with Gasteiger partial charge in [0.2, 0.25) is 10.0 Å². The molecule has 4 nitrogen and oxygen atoms in total. The van der Waals surface area contributed by atoms with Crippen molar-refractivity contribution in [2.45, 2.75) is 43.9 Å². The smallest absolute Gasteiger partial charge is 0.212 e. The quantitative estimate of drug-likeness (QED) is 0.734. The molecule has 0 aliphatic heterocycles. The first kappa shape index (κ1) is 10.5. The Bertz CT molecular complexity index is 299. The van der Waals surface area contributed by atoms with Crippen LogP contribution in [0.3, 0.4) is 0 Å². The summed E-state index contributed by atoms with van der Waals surface area (Å²) in [6, 6.07) is 1.23. The Labute approximate surface area is 79.0 Å². The summed E-state index contributed by atoms with van der Waals surface area (Å²) < 4.78 is 25.4. The van der Waals surface area contributed by atoms with E-state index in [2.05, 4.69) is 4.72 Å². The molecule has 0 aromatic carbocycles. The predicted molar refractivity (Wildman–Crippen MR) is 49.4 cm³/mol. The Morgan fingerprint density at radius 1 is 1.46 bits per heavy atom. The van der Waals surface area contributed by atoms with E-state index in [-0.39, 0.29) is 5.25 Å². The molecule has 0 spiro atoms. The molecule has 1 aliphatic carbocycles. The van der Waals surface area contributed by atoms with Crippen molar-refractivity contribution in [1.29, 1.82) is 5.26 Å². The molecular weight excluding hydrogens is 188 g/mol. The highest BCUT2D eigenvalue weighted by molar-refractivity contribution is 7.90. The Hall–Kier alpha value is -0.600. The van der Waals surface area contributed by atoms with Crippen molar-refractivity contribution < 1.29 is 8.42 Å². The van der Waals surface area contributed by atoms with Crippen LogP contribution in [0.25, 0.3) is 0 Å². The summed E-state index contributed by atoms with van der Waals surface area (Å²) in [5.74, 6) is 0. The summed E-state index contributed by atoms with van der Waals surface area (Å²) in [5.41, 5.74) is 0. The van der Waals surface area contributed by atoms with E-state index >= 15 is 0 Å². The summed E-state index contributed by atoms with van der Waals surface area (Å²) >= 11 is 0. The molecule has 5 heteroatoms. The van der Waals surface area contributed by atoms with Gasteiger partial charge in [-0.3, -0.25) is 0 Å². The van der Waals surface area contributed by atoms with Gasteiger partial charge in [0.1, 0.15) is 6.04 Å². The number of sulfonamides is 1. The lowest BCUT2D eigenvalue weighted by Gasteiger charge is -2.12. The van der Waals surface area contributed by atoms with Crippen molar-refractivity contribution in [3.8, 4) is 6.07 Å². The number of hydrogen-bond acceptors (Lipinski definition) is 3. The van der Waals surface area contributed by atoms with E-state index < -0.39 is 16.1 Å². The summed E-state index contributed by atoms with van der Waals surface area (Å²) in [6.07, 6.45) is 3.42. The van der Waals surface area contributed by atoms with Gasteiger partial charge in [-0.1, -0.05) is 12.8 Å². The Balaban J connectivity index is 2.61. The second-order valence-electron chi connectivity index (χ2n) is 3.42. The molecule has 0 radical (unpaired) electrons. The minimum Gasteiger partial charge on any atom is -0.212 e. The molecule has 0 saturated heterocycles. The first-order valence-electron chi connectivity index (χ1n) is 4.47. The third-order valence-electron chi connectivity index (χ3n) is 2.28. The van der Waals surface area contributed by atoms with Crippen LogP contribution in [0, 0.1) is 11.3 Å². The monoisotopic (exact) mass is 202 g/mol. The van der Waals surface area contributed by atoms with Crippen molar-refractivity contribution in [2.24, 2.45) is 0 Å². The molecule has 0 amide bonds. The molecule has 1 aliphatic rings. The van der Waals surface area contributed by atoms with Crippen LogP contribution in [0.1, 0.15) is 32.6 Å². The van der Waals surface area contributed by atoms with E-state index in [1.807, 2.05) is 6.07 Å². The van der Waals surface area contributed by atoms with E-state index in [0.29, 0.717) is 0 Å². The highest BCUT2D eigenvalue weighted by Crippen LogP contribution is 2.23. The molecule has 1 fully saturated rings. The van der Waals surface area contributed by atoms with Crippen LogP contribution < -0.4 is 4.72 Å². The van der Waals surface area contributed by atoms with Crippen molar-refractivity contribution in [3.63, 3.8) is 0 Å². The van der Waals surface area contributed by atoms with Gasteiger partial charge in [-0.25, -0.2) is 8.42 Å². The molecule has 74 valence electrons. The zero-order valence-electron chi connectivity index (χ0n) is 7.66. The lowest BCUT2D eigenvalue weighted by atomic mass is 10.4. The average molecular weight is 202 g/mol. The van der Waals surface area contributed by atoms with Gasteiger partial charge < -0.3 is 0 Å². The second-order valence-corrected chi connectivity index (χ2v) is 5.41. The predicted octanol–water partition coefficient (Wildman–Crippen LogP) is 0.760. The molecule has 0 unspecified atom stereocenters. The summed E-state index contributed by atoms with van der Waals surface area (Å²) in [4.78, 5) is 0. The minimum atomic E-state index is -3.24. The average Bonchev–Trinajstić information content (AvgIpc) is 2.55. The third-order valence-corrected chi connectivity index (χ3v) is 4.31. The molecular formula is C8H14N2O2S. The molecule has 1 saturated carbocycles. The van der Waals surface area contributed by atoms with E-state index in [1.165, 1.54) is 0 Å². The number of rotatable bonds is 3. The summed E-state index contributed by atoms with van der Waals surface area (Å²) in [6.45, 7) is 1.55. The lowest BCUT2D eigenvalue weighted by Crippen LogP contribution is -2.37. The minimum absolute atomic E-state index is 0.275. The van der Waals surface area contributed by atoms with Crippen molar-refractivity contribution in [1.82, 2.24) is 4.72 Å². The normalized spacial score (nSPS) is 21.2. The molecule has 13 heavy (non-hydrogen) atoms. The first-order chi connectivity index (χ1) is 6.06. The maximum Gasteiger partial charge on any atom is 0.215 e. The Morgan fingerprint density at radius 3 is 2.46 bits per heavy atom. The van der Waals surface area contributed by atoms with Gasteiger partial charge in [0.15, 0.2) is 0 Å². The molecule has 0 heterocycles. The van der Waals surface area contributed by atoms with Crippen LogP contribution in [0.2, 0.25) is 0 Å². The topological polar surface area (TPSA) is 70.0 Å². The van der Waals surface area contributed by atoms with Crippen molar-refractivity contribution in [3.05, 3.63) is 0 Å². The Morgan fingerprint density at radius 2 is 2.00 bits per heavy atom. The lowest BCUT2D eigenvalue weighted by molar-refractivity contribution is 0.560. The van der Waals surface area contributed by atoms with E-state index in [1.54, 1.807) is 6.92 Å². The molecule has 1 atom stereocenters. The maximum atomic E-state index is 11.5. The number of nitrogens with zero attached hydrogens (tertiary/aromatic N) is 1. The molecule has 0 aromatic rings. The molecule has 1 N–H and O–H groups in total. The van der Waals surface area contributed by atoms with Crippen LogP contribution in [-0.4, -0.2) is 19.7 Å². The molecule has 0 bridgehead atoms. The zero-order valence-corrected chi connectivity index (χ0v) is 8.47. The Kier molecular flexibility index (Phi) is 3.28. The largest absolute Gasteiger partial charge is 0.215 e. The zero-order chi connectivity index (χ0) is 9.90. The fourth-order valence-corrected chi connectivity index (χ4v) is 3.26. The van der Waals surface area contributed by atoms with Gasteiger partial charge in [0.25, 0.3) is 0 Å². The van der Waals surface area contributed by atoms with E-state index in [9.17, 15) is 8.42 Å².